The molecule has 0 aromatic heterocycles. The molecule has 0 bridgehead atoms. The van der Waals surface area contributed by atoms with Gasteiger partial charge in [0.15, 0.2) is 0 Å². The van der Waals surface area contributed by atoms with Crippen LogP contribution in [0.1, 0.15) is 32.6 Å². The molecule has 2 N–H and O–H groups in total. The first-order chi connectivity index (χ1) is 10.2. The number of hydrogen-bond acceptors (Lipinski definition) is 2. The van der Waals surface area contributed by atoms with Crippen molar-refractivity contribution in [2.24, 2.45) is 5.41 Å². The van der Waals surface area contributed by atoms with Crippen molar-refractivity contribution in [1.82, 2.24) is 5.32 Å². The molecule has 0 atom stereocenters. The van der Waals surface area contributed by atoms with Gasteiger partial charge in [-0.25, -0.2) is 9.18 Å². The van der Waals surface area contributed by atoms with Crippen molar-refractivity contribution in [3.8, 4) is 0 Å². The number of ether oxygens (including phenoxy) is 1. The fourth-order valence-electron chi connectivity index (χ4n) is 2.62. The third-order valence-corrected chi connectivity index (χ3v) is 4.14. The number of carbonyl (C=O) groups is 1. The molecule has 116 valence electrons. The standard InChI is InChI=1S/C16H23FN2O2/c1-2-21-11-10-16(8-5-9-16)12-18-15(20)19-14-7-4-3-6-13(14)17/h3-4,6-7H,2,5,8-12H2,1H3,(H2,18,19,20). The Kier molecular flexibility index (Phi) is 5.56. The molecule has 0 aliphatic heterocycles. The molecule has 1 aliphatic rings. The average Bonchev–Trinajstić information content (AvgIpc) is 2.43. The summed E-state index contributed by atoms with van der Waals surface area (Å²) < 4.78 is 18.9. The lowest BCUT2D eigenvalue weighted by molar-refractivity contribution is 0.0561. The Bertz CT molecular complexity index is 475. The van der Waals surface area contributed by atoms with Gasteiger partial charge in [-0.15, -0.1) is 0 Å². The van der Waals surface area contributed by atoms with E-state index in [2.05, 4.69) is 10.6 Å². The molecule has 0 unspecified atom stereocenters. The molecule has 2 amide bonds. The van der Waals surface area contributed by atoms with Gasteiger partial charge < -0.3 is 15.4 Å². The van der Waals surface area contributed by atoms with Crippen molar-refractivity contribution < 1.29 is 13.9 Å². The van der Waals surface area contributed by atoms with Crippen LogP contribution in [-0.2, 0) is 4.74 Å². The molecule has 1 aliphatic carbocycles. The first-order valence-electron chi connectivity index (χ1n) is 7.52. The van der Waals surface area contributed by atoms with Gasteiger partial charge in [-0.1, -0.05) is 18.6 Å². The third kappa shape index (κ3) is 4.43. The summed E-state index contributed by atoms with van der Waals surface area (Å²) in [5.74, 6) is -0.428. The van der Waals surface area contributed by atoms with E-state index in [1.54, 1.807) is 18.2 Å². The first-order valence-corrected chi connectivity index (χ1v) is 7.52. The summed E-state index contributed by atoms with van der Waals surface area (Å²) in [6.45, 7) is 4.04. The van der Waals surface area contributed by atoms with Crippen molar-refractivity contribution >= 4 is 11.7 Å². The van der Waals surface area contributed by atoms with Gasteiger partial charge in [0.25, 0.3) is 0 Å². The lowest BCUT2D eigenvalue weighted by Gasteiger charge is -2.42. The molecule has 0 spiro atoms. The van der Waals surface area contributed by atoms with E-state index in [4.69, 9.17) is 4.74 Å². The highest BCUT2D eigenvalue weighted by Crippen LogP contribution is 2.43. The van der Waals surface area contributed by atoms with Crippen molar-refractivity contribution in [3.63, 3.8) is 0 Å². The highest BCUT2D eigenvalue weighted by Gasteiger charge is 2.36. The number of amides is 2. The van der Waals surface area contributed by atoms with E-state index in [1.807, 2.05) is 6.92 Å². The van der Waals surface area contributed by atoms with Crippen LogP contribution in [0, 0.1) is 11.2 Å². The first kappa shape index (κ1) is 15.8. The Labute approximate surface area is 125 Å². The van der Waals surface area contributed by atoms with E-state index in [9.17, 15) is 9.18 Å². The minimum atomic E-state index is -0.428. The molecule has 1 saturated carbocycles. The molecule has 0 heterocycles. The maximum atomic E-state index is 13.4. The molecule has 5 heteroatoms. The van der Waals surface area contributed by atoms with Gasteiger partial charge in [-0.05, 0) is 43.7 Å². The van der Waals surface area contributed by atoms with Crippen LogP contribution in [0.4, 0.5) is 14.9 Å². The summed E-state index contributed by atoms with van der Waals surface area (Å²) in [5.41, 5.74) is 0.355. The molecule has 21 heavy (non-hydrogen) atoms. The monoisotopic (exact) mass is 294 g/mol. The fraction of sp³-hybridized carbons (Fsp3) is 0.562. The van der Waals surface area contributed by atoms with Crippen LogP contribution in [0.5, 0.6) is 0 Å². The zero-order valence-electron chi connectivity index (χ0n) is 12.5. The van der Waals surface area contributed by atoms with E-state index in [-0.39, 0.29) is 17.1 Å². The van der Waals surface area contributed by atoms with Gasteiger partial charge in [-0.3, -0.25) is 0 Å². The van der Waals surface area contributed by atoms with Crippen molar-refractivity contribution in [1.29, 1.82) is 0 Å². The SMILES string of the molecule is CCOCCC1(CNC(=O)Nc2ccccc2F)CCC1. The predicted molar refractivity (Wildman–Crippen MR) is 80.8 cm³/mol. The van der Waals surface area contributed by atoms with E-state index in [0.29, 0.717) is 6.54 Å². The maximum absolute atomic E-state index is 13.4. The Hall–Kier alpha value is -1.62. The second-order valence-electron chi connectivity index (χ2n) is 5.59. The van der Waals surface area contributed by atoms with Gasteiger partial charge >= 0.3 is 6.03 Å². The second kappa shape index (κ2) is 7.41. The molecule has 0 saturated heterocycles. The minimum absolute atomic E-state index is 0.155. The summed E-state index contributed by atoms with van der Waals surface area (Å²) >= 11 is 0. The third-order valence-electron chi connectivity index (χ3n) is 4.14. The lowest BCUT2D eigenvalue weighted by Crippen LogP contribution is -2.44. The molecule has 1 aromatic carbocycles. The summed E-state index contributed by atoms with van der Waals surface area (Å²) in [7, 11) is 0. The summed E-state index contributed by atoms with van der Waals surface area (Å²) in [4.78, 5) is 11.9. The number of rotatable bonds is 7. The number of urea groups is 1. The van der Waals surface area contributed by atoms with E-state index >= 15 is 0 Å². The number of carbonyl (C=O) groups excluding carboxylic acids is 1. The van der Waals surface area contributed by atoms with Crippen LogP contribution in [0.2, 0.25) is 0 Å². The Morgan fingerprint density at radius 2 is 2.14 bits per heavy atom. The fourth-order valence-corrected chi connectivity index (χ4v) is 2.62. The number of halogens is 1. The summed E-state index contributed by atoms with van der Waals surface area (Å²) in [6, 6.07) is 5.79. The largest absolute Gasteiger partial charge is 0.382 e. The Morgan fingerprint density at radius 3 is 2.76 bits per heavy atom. The molecule has 1 aromatic rings. The quantitative estimate of drug-likeness (QED) is 0.756. The van der Waals surface area contributed by atoms with Crippen LogP contribution in [0.25, 0.3) is 0 Å². The molecular formula is C16H23FN2O2. The Morgan fingerprint density at radius 1 is 1.38 bits per heavy atom. The van der Waals surface area contributed by atoms with E-state index < -0.39 is 5.82 Å². The highest BCUT2D eigenvalue weighted by molar-refractivity contribution is 5.89. The van der Waals surface area contributed by atoms with Crippen molar-refractivity contribution in [2.45, 2.75) is 32.6 Å². The minimum Gasteiger partial charge on any atom is -0.382 e. The second-order valence-corrected chi connectivity index (χ2v) is 5.59. The Balaban J connectivity index is 1.79. The summed E-state index contributed by atoms with van der Waals surface area (Å²) in [5, 5.41) is 5.40. The van der Waals surface area contributed by atoms with Gasteiger partial charge in [-0.2, -0.15) is 0 Å². The normalized spacial score (nSPS) is 16.1. The number of hydrogen-bond donors (Lipinski definition) is 2. The molecule has 4 nitrogen and oxygen atoms in total. The van der Waals surface area contributed by atoms with Crippen molar-refractivity contribution in [2.75, 3.05) is 25.1 Å². The van der Waals surface area contributed by atoms with Crippen molar-refractivity contribution in [3.05, 3.63) is 30.1 Å². The zero-order valence-corrected chi connectivity index (χ0v) is 12.5. The van der Waals surface area contributed by atoms with E-state index in [1.165, 1.54) is 12.5 Å². The smallest absolute Gasteiger partial charge is 0.319 e. The van der Waals surface area contributed by atoms with Crippen LogP contribution < -0.4 is 10.6 Å². The molecule has 1 fully saturated rings. The molecule has 2 rings (SSSR count). The number of nitrogens with one attached hydrogen (secondary N) is 2. The lowest BCUT2D eigenvalue weighted by atomic mass is 9.67. The predicted octanol–water partition coefficient (Wildman–Crippen LogP) is 3.54. The van der Waals surface area contributed by atoms with Crippen LogP contribution >= 0.6 is 0 Å². The summed E-state index contributed by atoms with van der Waals surface area (Å²) in [6.07, 6.45) is 4.38. The average molecular weight is 294 g/mol. The van der Waals surface area contributed by atoms with Gasteiger partial charge in [0.1, 0.15) is 5.82 Å². The van der Waals surface area contributed by atoms with E-state index in [0.717, 1.165) is 32.5 Å². The number of anilines is 1. The maximum Gasteiger partial charge on any atom is 0.319 e. The molecule has 0 radical (unpaired) electrons. The van der Waals surface area contributed by atoms with Gasteiger partial charge in [0, 0.05) is 19.8 Å². The highest BCUT2D eigenvalue weighted by atomic mass is 19.1. The number of para-hydroxylation sites is 1. The number of benzene rings is 1. The van der Waals surface area contributed by atoms with Crippen LogP contribution in [0.15, 0.2) is 24.3 Å². The zero-order chi connectivity index (χ0) is 15.1. The van der Waals surface area contributed by atoms with Gasteiger partial charge in [0.05, 0.1) is 5.69 Å². The topological polar surface area (TPSA) is 50.4 Å². The molecular weight excluding hydrogens is 271 g/mol. The van der Waals surface area contributed by atoms with Crippen LogP contribution in [-0.4, -0.2) is 25.8 Å². The van der Waals surface area contributed by atoms with Crippen LogP contribution in [0.3, 0.4) is 0 Å². The van der Waals surface area contributed by atoms with Gasteiger partial charge in [0.2, 0.25) is 0 Å².